The minimum atomic E-state index is -0.185. The molecule has 3 heterocycles. The molecule has 0 spiro atoms. The number of nitrogens with zero attached hydrogens (tertiary/aromatic N) is 3. The molecule has 6 heteroatoms. The van der Waals surface area contributed by atoms with Crippen LogP contribution in [0.4, 0.5) is 4.39 Å². The zero-order valence-electron chi connectivity index (χ0n) is 16.2. The van der Waals surface area contributed by atoms with Crippen molar-refractivity contribution in [2.24, 2.45) is 5.92 Å². The van der Waals surface area contributed by atoms with E-state index in [-0.39, 0.29) is 11.7 Å². The molecule has 1 aliphatic carbocycles. The molecule has 0 bridgehead atoms. The molecule has 1 aromatic heterocycles. The van der Waals surface area contributed by atoms with E-state index in [9.17, 15) is 9.18 Å². The van der Waals surface area contributed by atoms with Crippen LogP contribution in [-0.4, -0.2) is 52.1 Å². The molecule has 1 amide bonds. The fourth-order valence-corrected chi connectivity index (χ4v) is 4.70. The van der Waals surface area contributed by atoms with E-state index < -0.39 is 0 Å². The predicted octanol–water partition coefficient (Wildman–Crippen LogP) is 3.34. The molecule has 2 aliphatic heterocycles. The number of piperidine rings is 1. The van der Waals surface area contributed by atoms with Crippen molar-refractivity contribution in [3.63, 3.8) is 0 Å². The first-order chi connectivity index (χ1) is 13.7. The van der Waals surface area contributed by atoms with Gasteiger partial charge < -0.3 is 4.90 Å². The highest BCUT2D eigenvalue weighted by Gasteiger charge is 2.32. The first-order valence-electron chi connectivity index (χ1n) is 10.5. The van der Waals surface area contributed by atoms with Crippen molar-refractivity contribution in [3.8, 4) is 0 Å². The number of hydrogen-bond donors (Lipinski definition) is 1. The molecule has 5 rings (SSSR count). The largest absolute Gasteiger partial charge is 0.337 e. The summed E-state index contributed by atoms with van der Waals surface area (Å²) in [6, 6.07) is 6.86. The van der Waals surface area contributed by atoms with Gasteiger partial charge in [0.1, 0.15) is 5.82 Å². The Hall–Kier alpha value is -2.21. The highest BCUT2D eigenvalue weighted by atomic mass is 19.1. The Morgan fingerprint density at radius 1 is 1.18 bits per heavy atom. The average molecular weight is 382 g/mol. The number of H-pyrrole nitrogens is 1. The maximum Gasteiger partial charge on any atom is 0.274 e. The summed E-state index contributed by atoms with van der Waals surface area (Å²) >= 11 is 0. The van der Waals surface area contributed by atoms with Crippen LogP contribution in [0.25, 0.3) is 0 Å². The van der Waals surface area contributed by atoms with Crippen LogP contribution in [0, 0.1) is 11.7 Å². The lowest BCUT2D eigenvalue weighted by Gasteiger charge is -2.32. The molecule has 0 radical (unpaired) electrons. The van der Waals surface area contributed by atoms with Gasteiger partial charge in [-0.15, -0.1) is 0 Å². The molecular weight excluding hydrogens is 355 g/mol. The first kappa shape index (κ1) is 17.9. The van der Waals surface area contributed by atoms with Gasteiger partial charge in [-0.3, -0.25) is 14.8 Å². The number of benzene rings is 1. The fourth-order valence-electron chi connectivity index (χ4n) is 4.70. The van der Waals surface area contributed by atoms with Crippen LogP contribution in [0.15, 0.2) is 24.3 Å². The van der Waals surface area contributed by atoms with Gasteiger partial charge in [-0.25, -0.2) is 4.39 Å². The normalized spacial score (nSPS) is 21.0. The molecule has 2 fully saturated rings. The molecule has 148 valence electrons. The van der Waals surface area contributed by atoms with Crippen molar-refractivity contribution >= 4 is 5.91 Å². The zero-order chi connectivity index (χ0) is 19.1. The molecule has 1 saturated carbocycles. The van der Waals surface area contributed by atoms with Gasteiger partial charge in [0.05, 0.1) is 5.69 Å². The number of nitrogens with one attached hydrogen (secondary N) is 1. The highest BCUT2D eigenvalue weighted by Crippen LogP contribution is 2.32. The number of halogens is 1. The monoisotopic (exact) mass is 382 g/mol. The van der Waals surface area contributed by atoms with Gasteiger partial charge in [-0.05, 0) is 61.6 Å². The number of carbonyl (C=O) groups is 1. The molecule has 28 heavy (non-hydrogen) atoms. The lowest BCUT2D eigenvalue weighted by Crippen LogP contribution is -2.39. The molecule has 5 nitrogen and oxygen atoms in total. The van der Waals surface area contributed by atoms with Crippen LogP contribution in [0.3, 0.4) is 0 Å². The van der Waals surface area contributed by atoms with Crippen LogP contribution in [-0.2, 0) is 13.0 Å². The lowest BCUT2D eigenvalue weighted by molar-refractivity contribution is 0.0705. The van der Waals surface area contributed by atoms with Gasteiger partial charge in [0, 0.05) is 38.3 Å². The molecule has 1 N–H and O–H groups in total. The summed E-state index contributed by atoms with van der Waals surface area (Å²) in [5.41, 5.74) is 3.89. The molecule has 1 saturated heterocycles. The number of aromatic nitrogens is 2. The molecule has 0 unspecified atom stereocenters. The summed E-state index contributed by atoms with van der Waals surface area (Å²) in [5.74, 6) is 1.06. The van der Waals surface area contributed by atoms with Gasteiger partial charge in [0.15, 0.2) is 5.69 Å². The third-order valence-electron chi connectivity index (χ3n) is 6.53. The number of aromatic amines is 1. The summed E-state index contributed by atoms with van der Waals surface area (Å²) in [6.45, 7) is 4.49. The minimum absolute atomic E-state index is 0.0471. The van der Waals surface area contributed by atoms with Crippen molar-refractivity contribution in [3.05, 3.63) is 52.6 Å². The molecular formula is C22H27FN4O. The maximum atomic E-state index is 13.5. The SMILES string of the molecule is O=C(c1n[nH]c2c1CCN(CC1CC1)C2)N1CCC(c2cccc(F)c2)CC1. The molecule has 0 atom stereocenters. The van der Waals surface area contributed by atoms with Crippen LogP contribution in [0.5, 0.6) is 0 Å². The number of rotatable bonds is 4. The predicted molar refractivity (Wildman–Crippen MR) is 105 cm³/mol. The Kier molecular flexibility index (Phi) is 4.67. The van der Waals surface area contributed by atoms with E-state index >= 15 is 0 Å². The quantitative estimate of drug-likeness (QED) is 0.882. The fraction of sp³-hybridized carbons (Fsp3) is 0.545. The Labute approximate surface area is 164 Å². The van der Waals surface area contributed by atoms with Crippen molar-refractivity contribution < 1.29 is 9.18 Å². The van der Waals surface area contributed by atoms with Gasteiger partial charge >= 0.3 is 0 Å². The first-order valence-corrected chi connectivity index (χ1v) is 10.5. The summed E-state index contributed by atoms with van der Waals surface area (Å²) in [7, 11) is 0. The van der Waals surface area contributed by atoms with Crippen LogP contribution < -0.4 is 0 Å². The van der Waals surface area contributed by atoms with E-state index in [1.807, 2.05) is 11.0 Å². The Balaban J connectivity index is 1.22. The van der Waals surface area contributed by atoms with Gasteiger partial charge in [0.2, 0.25) is 0 Å². The standard InChI is InChI=1S/C22H27FN4O/c23-18-3-1-2-17(12-18)16-6-10-27(11-7-16)22(28)21-19-8-9-26(13-15-4-5-15)14-20(19)24-25-21/h1-3,12,15-16H,4-11,13-14H2,(H,24,25). The van der Waals surface area contributed by atoms with Crippen molar-refractivity contribution in [1.82, 2.24) is 20.0 Å². The van der Waals surface area contributed by atoms with E-state index in [1.165, 1.54) is 25.5 Å². The third-order valence-corrected chi connectivity index (χ3v) is 6.53. The Morgan fingerprint density at radius 2 is 2.00 bits per heavy atom. The van der Waals surface area contributed by atoms with E-state index in [2.05, 4.69) is 15.1 Å². The molecule has 1 aromatic carbocycles. The molecule has 3 aliphatic rings. The highest BCUT2D eigenvalue weighted by molar-refractivity contribution is 5.94. The van der Waals surface area contributed by atoms with E-state index in [1.54, 1.807) is 12.1 Å². The zero-order valence-corrected chi connectivity index (χ0v) is 16.2. The Morgan fingerprint density at radius 3 is 2.75 bits per heavy atom. The van der Waals surface area contributed by atoms with Crippen LogP contribution in [0.1, 0.15) is 58.9 Å². The number of hydrogen-bond acceptors (Lipinski definition) is 3. The number of amides is 1. The average Bonchev–Trinajstić information content (AvgIpc) is 3.43. The number of fused-ring (bicyclic) bond motifs is 1. The van der Waals surface area contributed by atoms with E-state index in [0.29, 0.717) is 24.7 Å². The van der Waals surface area contributed by atoms with Crippen molar-refractivity contribution in [2.75, 3.05) is 26.2 Å². The smallest absolute Gasteiger partial charge is 0.274 e. The second kappa shape index (κ2) is 7.32. The second-order valence-corrected chi connectivity index (χ2v) is 8.58. The molecule has 2 aromatic rings. The van der Waals surface area contributed by atoms with E-state index in [4.69, 9.17) is 0 Å². The summed E-state index contributed by atoms with van der Waals surface area (Å²) in [4.78, 5) is 17.5. The maximum absolute atomic E-state index is 13.5. The van der Waals surface area contributed by atoms with Gasteiger partial charge in [-0.1, -0.05) is 12.1 Å². The van der Waals surface area contributed by atoms with Crippen molar-refractivity contribution in [1.29, 1.82) is 0 Å². The summed E-state index contributed by atoms with van der Waals surface area (Å²) < 4.78 is 13.5. The number of carbonyl (C=O) groups excluding carboxylic acids is 1. The second-order valence-electron chi connectivity index (χ2n) is 8.58. The summed E-state index contributed by atoms with van der Waals surface area (Å²) in [5, 5.41) is 7.53. The number of likely N-dealkylation sites (tertiary alicyclic amines) is 1. The van der Waals surface area contributed by atoms with Crippen LogP contribution in [0.2, 0.25) is 0 Å². The minimum Gasteiger partial charge on any atom is -0.337 e. The third kappa shape index (κ3) is 3.58. The van der Waals surface area contributed by atoms with Gasteiger partial charge in [0.25, 0.3) is 5.91 Å². The Bertz CT molecular complexity index is 867. The summed E-state index contributed by atoms with van der Waals surface area (Å²) in [6.07, 6.45) is 5.37. The van der Waals surface area contributed by atoms with Crippen LogP contribution >= 0.6 is 0 Å². The van der Waals surface area contributed by atoms with Gasteiger partial charge in [-0.2, -0.15) is 5.10 Å². The van der Waals surface area contributed by atoms with E-state index in [0.717, 1.165) is 55.1 Å². The van der Waals surface area contributed by atoms with Crippen molar-refractivity contribution in [2.45, 2.75) is 44.6 Å². The topological polar surface area (TPSA) is 52.2 Å². The lowest BCUT2D eigenvalue weighted by atomic mass is 9.89.